The Kier molecular flexibility index (Phi) is 6.78. The van der Waals surface area contributed by atoms with Crippen LogP contribution in [0, 0.1) is 0 Å². The fourth-order valence-electron chi connectivity index (χ4n) is 3.31. The highest BCUT2D eigenvalue weighted by Crippen LogP contribution is 2.32. The first-order chi connectivity index (χ1) is 15.7. The van der Waals surface area contributed by atoms with Gasteiger partial charge in [0.25, 0.3) is 0 Å². The van der Waals surface area contributed by atoms with E-state index in [9.17, 15) is 4.79 Å². The van der Waals surface area contributed by atoms with Gasteiger partial charge in [-0.05, 0) is 36.4 Å². The molecule has 0 fully saturated rings. The van der Waals surface area contributed by atoms with Crippen molar-refractivity contribution in [2.75, 3.05) is 49.3 Å². The second-order valence-electron chi connectivity index (χ2n) is 7.06. The molecule has 2 aromatic carbocycles. The molecule has 9 nitrogen and oxygen atoms in total. The molecule has 4 rings (SSSR count). The third-order valence-corrected chi connectivity index (χ3v) is 4.95. The van der Waals surface area contributed by atoms with Gasteiger partial charge in [-0.1, -0.05) is 18.2 Å². The predicted molar refractivity (Wildman–Crippen MR) is 122 cm³/mol. The highest BCUT2D eigenvalue weighted by molar-refractivity contribution is 6.05. The minimum atomic E-state index is -0.232. The summed E-state index contributed by atoms with van der Waals surface area (Å²) in [5.74, 6) is 1.64. The largest absolute Gasteiger partial charge is 0.497 e. The van der Waals surface area contributed by atoms with Crippen LogP contribution in [0.1, 0.15) is 5.56 Å². The Morgan fingerprint density at radius 2 is 1.81 bits per heavy atom. The molecule has 0 saturated heterocycles. The summed E-state index contributed by atoms with van der Waals surface area (Å²) >= 11 is 0. The lowest BCUT2D eigenvalue weighted by molar-refractivity contribution is 0.0724. The molecule has 0 radical (unpaired) electrons. The lowest BCUT2D eigenvalue weighted by atomic mass is 10.2. The van der Waals surface area contributed by atoms with E-state index in [1.165, 1.54) is 4.90 Å². The lowest BCUT2D eigenvalue weighted by Crippen LogP contribution is -2.49. The summed E-state index contributed by atoms with van der Waals surface area (Å²) in [6.07, 6.45) is 1.73. The molecule has 32 heavy (non-hydrogen) atoms. The van der Waals surface area contributed by atoms with E-state index in [-0.39, 0.29) is 12.8 Å². The first-order valence-electron chi connectivity index (χ1n) is 10.2. The van der Waals surface area contributed by atoms with Crippen LogP contribution in [0.3, 0.4) is 0 Å². The normalized spacial score (nSPS) is 13.1. The fraction of sp³-hybridized carbons (Fsp3) is 0.261. The number of ether oxygens (including phenoxy) is 3. The second-order valence-corrected chi connectivity index (χ2v) is 7.06. The minimum Gasteiger partial charge on any atom is -0.497 e. The Hall–Kier alpha value is -3.69. The first kappa shape index (κ1) is 21.5. The smallest absolute Gasteiger partial charge is 0.332 e. The van der Waals surface area contributed by atoms with Crippen LogP contribution in [0.5, 0.6) is 5.75 Å². The molecule has 0 spiro atoms. The fourth-order valence-corrected chi connectivity index (χ4v) is 3.31. The third kappa shape index (κ3) is 4.79. The van der Waals surface area contributed by atoms with Crippen molar-refractivity contribution in [2.45, 2.75) is 6.54 Å². The molecule has 1 aliphatic rings. The number of para-hydroxylation sites is 1. The molecule has 0 aliphatic carbocycles. The van der Waals surface area contributed by atoms with Crippen molar-refractivity contribution in [3.05, 3.63) is 66.4 Å². The Bertz CT molecular complexity index is 1050. The number of hydrogen-bond donors (Lipinski definition) is 1. The van der Waals surface area contributed by atoms with Crippen molar-refractivity contribution in [3.63, 3.8) is 0 Å². The van der Waals surface area contributed by atoms with Crippen molar-refractivity contribution in [2.24, 2.45) is 0 Å². The number of anilines is 4. The van der Waals surface area contributed by atoms with Crippen LogP contribution in [-0.4, -0.2) is 50.2 Å². The van der Waals surface area contributed by atoms with Gasteiger partial charge >= 0.3 is 6.03 Å². The van der Waals surface area contributed by atoms with Gasteiger partial charge in [-0.15, -0.1) is 0 Å². The standard InChI is InChI=1S/C23H25N5O4/c1-30-12-13-32-16-28-21-17(14-24-22(26-21)25-18-6-4-3-5-7-18)15-27(23(28)29)19-8-10-20(31-2)11-9-19/h3-11,14H,12-13,15-16H2,1-2H3,(H,24,25,26). The van der Waals surface area contributed by atoms with E-state index in [1.807, 2.05) is 54.6 Å². The summed E-state index contributed by atoms with van der Waals surface area (Å²) in [4.78, 5) is 25.6. The zero-order valence-electron chi connectivity index (χ0n) is 18.0. The summed E-state index contributed by atoms with van der Waals surface area (Å²) in [7, 11) is 3.21. The van der Waals surface area contributed by atoms with Crippen molar-refractivity contribution >= 4 is 29.2 Å². The Labute approximate surface area is 186 Å². The molecule has 1 N–H and O–H groups in total. The number of nitrogens with one attached hydrogen (secondary N) is 1. The molecule has 1 aromatic heterocycles. The summed E-state index contributed by atoms with van der Waals surface area (Å²) in [5.41, 5.74) is 2.42. The monoisotopic (exact) mass is 435 g/mol. The first-order valence-corrected chi connectivity index (χ1v) is 10.2. The van der Waals surface area contributed by atoms with Gasteiger partial charge < -0.3 is 19.5 Å². The average molecular weight is 435 g/mol. The van der Waals surface area contributed by atoms with E-state index in [0.29, 0.717) is 31.5 Å². The predicted octanol–water partition coefficient (Wildman–Crippen LogP) is 3.80. The minimum absolute atomic E-state index is 0.0453. The van der Waals surface area contributed by atoms with Crippen LogP contribution in [-0.2, 0) is 16.0 Å². The number of aromatic nitrogens is 2. The molecule has 0 unspecified atom stereocenters. The highest BCUT2D eigenvalue weighted by Gasteiger charge is 2.33. The van der Waals surface area contributed by atoms with Crippen molar-refractivity contribution in [1.82, 2.24) is 9.97 Å². The van der Waals surface area contributed by atoms with Gasteiger partial charge in [-0.2, -0.15) is 4.98 Å². The van der Waals surface area contributed by atoms with Crippen LogP contribution < -0.4 is 19.9 Å². The summed E-state index contributed by atoms with van der Waals surface area (Å²) in [6, 6.07) is 16.7. The van der Waals surface area contributed by atoms with Crippen LogP contribution in [0.4, 0.5) is 27.9 Å². The molecule has 1 aliphatic heterocycles. The third-order valence-electron chi connectivity index (χ3n) is 4.95. The van der Waals surface area contributed by atoms with Crippen molar-refractivity contribution < 1.29 is 19.0 Å². The van der Waals surface area contributed by atoms with Gasteiger partial charge in [0.2, 0.25) is 5.95 Å². The number of benzene rings is 2. The molecule has 0 bridgehead atoms. The maximum atomic E-state index is 13.4. The van der Waals surface area contributed by atoms with Crippen LogP contribution in [0.2, 0.25) is 0 Å². The second kappa shape index (κ2) is 10.1. The van der Waals surface area contributed by atoms with E-state index in [1.54, 1.807) is 25.3 Å². The number of rotatable bonds is 9. The molecule has 2 amide bonds. The number of urea groups is 1. The van der Waals surface area contributed by atoms with Crippen LogP contribution >= 0.6 is 0 Å². The SMILES string of the molecule is COCCOCN1C(=O)N(c2ccc(OC)cc2)Cc2cnc(Nc3ccccc3)nc21. The molecule has 0 saturated carbocycles. The maximum Gasteiger partial charge on any atom is 0.332 e. The van der Waals surface area contributed by atoms with E-state index in [0.717, 1.165) is 22.7 Å². The number of methoxy groups -OCH3 is 2. The van der Waals surface area contributed by atoms with E-state index >= 15 is 0 Å². The zero-order valence-corrected chi connectivity index (χ0v) is 18.0. The molecule has 0 atom stereocenters. The molecular formula is C23H25N5O4. The number of carbonyl (C=O) groups excluding carboxylic acids is 1. The van der Waals surface area contributed by atoms with Gasteiger partial charge in [0.1, 0.15) is 18.3 Å². The van der Waals surface area contributed by atoms with Gasteiger partial charge in [0.15, 0.2) is 0 Å². The van der Waals surface area contributed by atoms with Crippen molar-refractivity contribution in [1.29, 1.82) is 0 Å². The Morgan fingerprint density at radius 3 is 2.53 bits per heavy atom. The van der Waals surface area contributed by atoms with Crippen molar-refractivity contribution in [3.8, 4) is 5.75 Å². The summed E-state index contributed by atoms with van der Waals surface area (Å²) < 4.78 is 15.9. The Morgan fingerprint density at radius 1 is 1.03 bits per heavy atom. The van der Waals surface area contributed by atoms with Gasteiger partial charge in [0.05, 0.1) is 26.9 Å². The number of carbonyl (C=O) groups is 1. The number of nitrogens with zero attached hydrogens (tertiary/aromatic N) is 4. The highest BCUT2D eigenvalue weighted by atomic mass is 16.5. The number of amides is 2. The van der Waals surface area contributed by atoms with E-state index in [2.05, 4.69) is 15.3 Å². The molecule has 9 heteroatoms. The maximum absolute atomic E-state index is 13.4. The molecule has 166 valence electrons. The lowest BCUT2D eigenvalue weighted by Gasteiger charge is -2.35. The average Bonchev–Trinajstić information content (AvgIpc) is 2.83. The van der Waals surface area contributed by atoms with Gasteiger partial charge in [-0.3, -0.25) is 9.80 Å². The summed E-state index contributed by atoms with van der Waals surface area (Å²) in [5, 5.41) is 3.17. The quantitative estimate of drug-likeness (QED) is 0.512. The molecule has 2 heterocycles. The molecule has 3 aromatic rings. The van der Waals surface area contributed by atoms with Crippen LogP contribution in [0.25, 0.3) is 0 Å². The topological polar surface area (TPSA) is 89.1 Å². The van der Waals surface area contributed by atoms with Gasteiger partial charge in [-0.25, -0.2) is 9.78 Å². The van der Waals surface area contributed by atoms with Crippen LogP contribution in [0.15, 0.2) is 60.8 Å². The molecular weight excluding hydrogens is 410 g/mol. The van der Waals surface area contributed by atoms with E-state index in [4.69, 9.17) is 14.2 Å². The van der Waals surface area contributed by atoms with Gasteiger partial charge in [0, 0.05) is 30.2 Å². The zero-order chi connectivity index (χ0) is 22.3. The van der Waals surface area contributed by atoms with E-state index < -0.39 is 0 Å². The Balaban J connectivity index is 1.63. The summed E-state index contributed by atoms with van der Waals surface area (Å²) in [6.45, 7) is 1.18. The number of hydrogen-bond acceptors (Lipinski definition) is 7. The number of fused-ring (bicyclic) bond motifs is 1.